The number of hydrogen-bond acceptors (Lipinski definition) is 2. The highest BCUT2D eigenvalue weighted by atomic mass is 32.1. The highest BCUT2D eigenvalue weighted by molar-refractivity contribution is 7.80. The quantitative estimate of drug-likeness (QED) is 0.658. The lowest BCUT2D eigenvalue weighted by molar-refractivity contribution is -0.119. The van der Waals surface area contributed by atoms with Crippen molar-refractivity contribution in [2.45, 2.75) is 6.42 Å². The molecule has 5 heteroatoms. The monoisotopic (exact) mass is 223 g/mol. The van der Waals surface area contributed by atoms with E-state index in [1.165, 1.54) is 0 Å². The molecule has 4 N–H and O–H groups in total. The van der Waals surface area contributed by atoms with E-state index >= 15 is 0 Å². The van der Waals surface area contributed by atoms with Crippen LogP contribution in [0, 0.1) is 0 Å². The number of nitrogens with two attached hydrogens (primary N) is 1. The number of amides is 1. The van der Waals surface area contributed by atoms with Crippen molar-refractivity contribution in [3.63, 3.8) is 0 Å². The normalized spacial score (nSPS) is 9.40. The lowest BCUT2D eigenvalue weighted by atomic mass is 10.1. The number of anilines is 1. The first kappa shape index (κ1) is 11.5. The van der Waals surface area contributed by atoms with Crippen molar-refractivity contribution in [1.29, 1.82) is 0 Å². The van der Waals surface area contributed by atoms with Gasteiger partial charge in [-0.2, -0.15) is 0 Å². The predicted molar refractivity (Wildman–Crippen MR) is 64.6 cm³/mol. The molecule has 0 heterocycles. The Hall–Kier alpha value is -1.62. The Balaban J connectivity index is 2.64. The van der Waals surface area contributed by atoms with Gasteiger partial charge in [0.05, 0.1) is 6.42 Å². The fraction of sp³-hybridized carbons (Fsp3) is 0.200. The van der Waals surface area contributed by atoms with Gasteiger partial charge in [-0.15, -0.1) is 0 Å². The molecule has 4 nitrogen and oxygen atoms in total. The first-order valence-electron chi connectivity index (χ1n) is 4.48. The van der Waals surface area contributed by atoms with E-state index in [0.717, 1.165) is 11.3 Å². The Morgan fingerprint density at radius 2 is 2.00 bits per heavy atom. The Labute approximate surface area is 93.9 Å². The van der Waals surface area contributed by atoms with Crippen LogP contribution in [0.1, 0.15) is 5.56 Å². The standard InChI is InChI=1S/C10H13N3OS/c1-12-9(14)6-7-2-4-8(5-3-7)13-10(11)15/h2-5H,6H2,1H3,(H,12,14)(H3,11,13,15). The van der Waals surface area contributed by atoms with Crippen LogP contribution in [0.25, 0.3) is 0 Å². The third-order valence-corrected chi connectivity index (χ3v) is 1.97. The number of carbonyl (C=O) groups excluding carboxylic acids is 1. The van der Waals surface area contributed by atoms with E-state index in [-0.39, 0.29) is 11.0 Å². The van der Waals surface area contributed by atoms with Crippen LogP contribution >= 0.6 is 12.2 Å². The van der Waals surface area contributed by atoms with E-state index in [4.69, 9.17) is 18.0 Å². The Morgan fingerprint density at radius 1 is 1.40 bits per heavy atom. The topological polar surface area (TPSA) is 67.2 Å². The van der Waals surface area contributed by atoms with Gasteiger partial charge in [0.15, 0.2) is 5.11 Å². The van der Waals surface area contributed by atoms with Gasteiger partial charge in [-0.3, -0.25) is 4.79 Å². The third kappa shape index (κ3) is 3.95. The smallest absolute Gasteiger partial charge is 0.224 e. The van der Waals surface area contributed by atoms with Crippen LogP contribution in [0.4, 0.5) is 5.69 Å². The summed E-state index contributed by atoms with van der Waals surface area (Å²) in [7, 11) is 1.62. The van der Waals surface area contributed by atoms with Gasteiger partial charge >= 0.3 is 0 Å². The minimum Gasteiger partial charge on any atom is -0.376 e. The lowest BCUT2D eigenvalue weighted by Gasteiger charge is -2.05. The predicted octanol–water partition coefficient (Wildman–Crippen LogP) is 0.631. The summed E-state index contributed by atoms with van der Waals surface area (Å²) >= 11 is 4.70. The SMILES string of the molecule is CNC(=O)Cc1ccc(NC(N)=S)cc1. The molecule has 1 aromatic carbocycles. The molecule has 0 saturated carbocycles. The Bertz CT molecular complexity index is 361. The Kier molecular flexibility index (Phi) is 4.05. The second kappa shape index (κ2) is 5.31. The molecule has 0 saturated heterocycles. The van der Waals surface area contributed by atoms with Crippen LogP contribution in [0.5, 0.6) is 0 Å². The van der Waals surface area contributed by atoms with E-state index in [1.807, 2.05) is 24.3 Å². The largest absolute Gasteiger partial charge is 0.376 e. The van der Waals surface area contributed by atoms with Gasteiger partial charge in [-0.05, 0) is 29.9 Å². The highest BCUT2D eigenvalue weighted by Gasteiger charge is 2.00. The molecule has 0 aliphatic heterocycles. The van der Waals surface area contributed by atoms with E-state index in [0.29, 0.717) is 6.42 Å². The zero-order chi connectivity index (χ0) is 11.3. The summed E-state index contributed by atoms with van der Waals surface area (Å²) in [6.07, 6.45) is 0.379. The van der Waals surface area contributed by atoms with Gasteiger partial charge < -0.3 is 16.4 Å². The average Bonchev–Trinajstić information content (AvgIpc) is 2.20. The second-order valence-electron chi connectivity index (χ2n) is 3.04. The van der Waals surface area contributed by atoms with Crippen molar-refractivity contribution in [1.82, 2.24) is 5.32 Å². The van der Waals surface area contributed by atoms with Crippen molar-refractivity contribution >= 4 is 28.9 Å². The minimum absolute atomic E-state index is 0.00921. The van der Waals surface area contributed by atoms with Crippen LogP contribution in [0.2, 0.25) is 0 Å². The van der Waals surface area contributed by atoms with Crippen LogP contribution in [0.15, 0.2) is 24.3 Å². The van der Waals surface area contributed by atoms with Gasteiger partial charge in [-0.25, -0.2) is 0 Å². The summed E-state index contributed by atoms with van der Waals surface area (Å²) in [4.78, 5) is 11.1. The number of hydrogen-bond donors (Lipinski definition) is 3. The number of carbonyl (C=O) groups is 1. The number of benzene rings is 1. The molecule has 0 fully saturated rings. The third-order valence-electron chi connectivity index (χ3n) is 1.86. The fourth-order valence-electron chi connectivity index (χ4n) is 1.12. The molecule has 0 aliphatic rings. The van der Waals surface area contributed by atoms with Crippen LogP contribution in [-0.4, -0.2) is 18.1 Å². The van der Waals surface area contributed by atoms with E-state index < -0.39 is 0 Å². The summed E-state index contributed by atoms with van der Waals surface area (Å²) in [5.41, 5.74) is 7.09. The number of likely N-dealkylation sites (N-methyl/N-ethyl adjacent to an activating group) is 1. The summed E-state index contributed by atoms with van der Waals surface area (Å²) < 4.78 is 0. The van der Waals surface area contributed by atoms with E-state index in [9.17, 15) is 4.79 Å². The molecule has 80 valence electrons. The number of nitrogens with one attached hydrogen (secondary N) is 2. The van der Waals surface area contributed by atoms with E-state index in [2.05, 4.69) is 10.6 Å². The fourth-order valence-corrected chi connectivity index (χ4v) is 1.24. The molecule has 1 rings (SSSR count). The summed E-state index contributed by atoms with van der Waals surface area (Å²) in [6.45, 7) is 0. The van der Waals surface area contributed by atoms with Crippen molar-refractivity contribution in [2.75, 3.05) is 12.4 Å². The van der Waals surface area contributed by atoms with Crippen LogP contribution in [-0.2, 0) is 11.2 Å². The van der Waals surface area contributed by atoms with Crippen molar-refractivity contribution in [2.24, 2.45) is 5.73 Å². The van der Waals surface area contributed by atoms with Crippen molar-refractivity contribution in [3.8, 4) is 0 Å². The number of rotatable bonds is 3. The van der Waals surface area contributed by atoms with Gasteiger partial charge in [0.25, 0.3) is 0 Å². The summed E-state index contributed by atoms with van der Waals surface area (Å²) in [5.74, 6) is -0.00921. The van der Waals surface area contributed by atoms with Crippen molar-refractivity contribution < 1.29 is 4.79 Å². The molecule has 0 aromatic heterocycles. The molecular weight excluding hydrogens is 210 g/mol. The van der Waals surface area contributed by atoms with Gasteiger partial charge in [0, 0.05) is 12.7 Å². The molecule has 0 aliphatic carbocycles. The highest BCUT2D eigenvalue weighted by Crippen LogP contribution is 2.09. The summed E-state index contributed by atoms with van der Waals surface area (Å²) in [5, 5.41) is 5.60. The molecule has 15 heavy (non-hydrogen) atoms. The van der Waals surface area contributed by atoms with Crippen LogP contribution < -0.4 is 16.4 Å². The zero-order valence-corrected chi connectivity index (χ0v) is 9.23. The minimum atomic E-state index is -0.00921. The zero-order valence-electron chi connectivity index (χ0n) is 8.41. The maximum Gasteiger partial charge on any atom is 0.224 e. The van der Waals surface area contributed by atoms with Gasteiger partial charge in [0.2, 0.25) is 5.91 Å². The number of thiocarbonyl (C=S) groups is 1. The average molecular weight is 223 g/mol. The van der Waals surface area contributed by atoms with E-state index in [1.54, 1.807) is 7.05 Å². The molecular formula is C10H13N3OS. The summed E-state index contributed by atoms with van der Waals surface area (Å²) in [6, 6.07) is 7.38. The van der Waals surface area contributed by atoms with Gasteiger partial charge in [0.1, 0.15) is 0 Å². The van der Waals surface area contributed by atoms with Gasteiger partial charge in [-0.1, -0.05) is 12.1 Å². The molecule has 1 aromatic rings. The van der Waals surface area contributed by atoms with Crippen molar-refractivity contribution in [3.05, 3.63) is 29.8 Å². The molecule has 0 unspecified atom stereocenters. The molecule has 0 bridgehead atoms. The molecule has 1 amide bonds. The van der Waals surface area contributed by atoms with Crippen LogP contribution in [0.3, 0.4) is 0 Å². The molecule has 0 radical (unpaired) electrons. The first-order valence-corrected chi connectivity index (χ1v) is 4.88. The molecule has 0 spiro atoms. The molecule has 0 atom stereocenters. The maximum atomic E-state index is 11.1. The maximum absolute atomic E-state index is 11.1. The Morgan fingerprint density at radius 3 is 2.47 bits per heavy atom. The second-order valence-corrected chi connectivity index (χ2v) is 3.48. The first-order chi connectivity index (χ1) is 7.11. The lowest BCUT2D eigenvalue weighted by Crippen LogP contribution is -2.20.